The number of carboxylic acid groups (broad SMARTS) is 1. The van der Waals surface area contributed by atoms with Crippen molar-refractivity contribution in [3.05, 3.63) is 411 Å². The predicted molar refractivity (Wildman–Crippen MR) is 600 cm³/mol. The van der Waals surface area contributed by atoms with Gasteiger partial charge in [-0.1, -0.05) is 274 Å². The quantitative estimate of drug-likeness (QED) is 0.00433. The minimum atomic E-state index is -4.00. The molecule has 0 radical (unpaired) electrons. The van der Waals surface area contributed by atoms with Gasteiger partial charge in [-0.25, -0.2) is 57.5 Å². The fourth-order valence-electron chi connectivity index (χ4n) is 15.1. The van der Waals surface area contributed by atoms with Crippen LogP contribution in [0.25, 0.3) is 55.5 Å². The molecular weight excluding hydrogens is 2030 g/mol. The van der Waals surface area contributed by atoms with Crippen molar-refractivity contribution in [1.29, 1.82) is 0 Å². The number of hydrogen-bond acceptors (Lipinski definition) is 23. The fraction of sp³-hybridized carbons (Fsp3) is 0.134. The van der Waals surface area contributed by atoms with Crippen molar-refractivity contribution in [1.82, 2.24) is 28.9 Å². The van der Waals surface area contributed by atoms with Crippen LogP contribution in [0, 0.1) is 0 Å². The SMILES string of the molecule is C.CCOC(=O)CC(NS(=O)(=O)c1cccc(-c2cccc(N)c2)c1)c1ccccc1.CCOC(=O)CC(NS(=O)(=O)c1cccc(-c2cccc(NC(=S)Cl)c2)c1)c1ccccc1.CCOC(=O)CC(NS(=O)(=O)c1cccc(-c2cccc(NC(=S)Nc3ccccc3N)c2)c1)c1ccccc1.Nc1ccccc1N.O=C(O)CC(NS(=O)(=O)c1cccc(-c2cccc(Nc3nc4ccccc4[nH]3)c2)c1)c1ccccc1. The van der Waals surface area contributed by atoms with Crippen molar-refractivity contribution in [2.24, 2.45) is 0 Å². The zero-order valence-corrected chi connectivity index (χ0v) is 86.0. The highest BCUT2D eigenvalue weighted by molar-refractivity contribution is 7.90. The molecule has 149 heavy (non-hydrogen) atoms. The number of hydrogen-bond donors (Lipinski definition) is 14. The first kappa shape index (κ1) is 113. The number of halogens is 1. The van der Waals surface area contributed by atoms with Crippen LogP contribution >= 0.6 is 36.0 Å². The van der Waals surface area contributed by atoms with E-state index < -0.39 is 88.1 Å². The molecule has 18 N–H and O–H groups in total. The minimum absolute atomic E-state index is 0. The lowest BCUT2D eigenvalue weighted by atomic mass is 10.1. The molecule has 16 aromatic rings. The summed E-state index contributed by atoms with van der Waals surface area (Å²) in [5, 5.41) is 22.0. The van der Waals surface area contributed by atoms with Crippen molar-refractivity contribution < 1.29 is 72.2 Å². The van der Waals surface area contributed by atoms with Crippen LogP contribution in [0.1, 0.15) is 100 Å². The summed E-state index contributed by atoms with van der Waals surface area (Å²) in [6, 6.07) is 110. The zero-order valence-electron chi connectivity index (χ0n) is 80.4. The zero-order chi connectivity index (χ0) is 106. The largest absolute Gasteiger partial charge is 0.481 e. The molecule has 0 fully saturated rings. The number of H-pyrrole nitrogens is 1. The Morgan fingerprint density at radius 1 is 0.342 bits per heavy atom. The van der Waals surface area contributed by atoms with Crippen molar-refractivity contribution in [2.75, 3.05) is 64.0 Å². The first-order chi connectivity index (χ1) is 71.1. The van der Waals surface area contributed by atoms with Gasteiger partial charge >= 0.3 is 23.9 Å². The summed E-state index contributed by atoms with van der Waals surface area (Å²) in [5.41, 5.74) is 38.3. The lowest BCUT2D eigenvalue weighted by Crippen LogP contribution is -2.30. The van der Waals surface area contributed by atoms with Gasteiger partial charge in [0.25, 0.3) is 0 Å². The van der Waals surface area contributed by atoms with E-state index in [2.05, 4.69) is 50.1 Å². The lowest BCUT2D eigenvalue weighted by molar-refractivity contribution is -0.144. The van der Waals surface area contributed by atoms with Crippen LogP contribution in [0.5, 0.6) is 0 Å². The summed E-state index contributed by atoms with van der Waals surface area (Å²) >= 11 is 16.1. The van der Waals surface area contributed by atoms with Gasteiger partial charge < -0.3 is 68.5 Å². The molecule has 0 saturated carbocycles. The number of aromatic nitrogens is 2. The maximum absolute atomic E-state index is 13.4. The van der Waals surface area contributed by atoms with Crippen LogP contribution in [-0.4, -0.2) is 102 Å². The van der Waals surface area contributed by atoms with E-state index in [0.717, 1.165) is 50.2 Å². The van der Waals surface area contributed by atoms with Crippen LogP contribution in [0.15, 0.2) is 408 Å². The number of ether oxygens (including phenoxy) is 3. The van der Waals surface area contributed by atoms with Gasteiger partial charge in [-0.2, -0.15) is 0 Å². The van der Waals surface area contributed by atoms with Crippen LogP contribution in [-0.2, 0) is 73.5 Å². The summed E-state index contributed by atoms with van der Waals surface area (Å²) in [6.45, 7) is 5.79. The Morgan fingerprint density at radius 3 is 0.973 bits per heavy atom. The van der Waals surface area contributed by atoms with E-state index >= 15 is 0 Å². The monoisotopic (exact) mass is 2140 g/mol. The van der Waals surface area contributed by atoms with Crippen molar-refractivity contribution in [2.45, 2.75) is 97.6 Å². The standard InChI is InChI=1S/C30H30N4O4S2.C28H24N4O4S.C24H23ClN2O4S2.C23H24N2O4S.C6H8N2.CH4/c1-2-38-29(35)20-28(21-10-4-3-5-11-21)34-40(36,37)25-15-9-13-23(19-25)22-12-8-14-24(18-22)32-30(39)33-27-17-7-6-16-26(27)31;33-27(34)18-26(19-8-2-1-3-9-19)32-37(35,36)23-13-7-11-21(17-23)20-10-6-12-22(16-20)29-28-30-24-14-4-5-15-25(24)31-28;1-2-31-23(28)16-22(17-8-4-3-5-9-17)27-33(29,30)21-13-7-11-19(15-21)18-10-6-12-20(14-18)26-24(25)32;1-2-29-23(26)16-22(17-8-4-3-5-9-17)25-30(27,28)21-13-7-11-19(15-21)18-10-6-12-20(24)14-18;7-5-3-1-2-4-6(5)8;/h3-19,28,34H,2,20,31H2,1H3,(H2,32,33,39);1-17,26,32H,18H2,(H,33,34)(H2,29,30,31);3-15,22,27H,2,16H2,1H3,(H,26,32);3-15,22,25H,2,16,24H2,1H3;1-4H,7-8H2;1H4. The molecule has 770 valence electrons. The number of carbonyl (C=O) groups excluding carboxylic acids is 3. The summed E-state index contributed by atoms with van der Waals surface area (Å²) in [7, 11) is -15.8. The van der Waals surface area contributed by atoms with E-state index in [1.807, 2.05) is 176 Å². The number of nitrogens with one attached hydrogen (secondary N) is 9. The van der Waals surface area contributed by atoms with Gasteiger partial charge in [0, 0.05) is 22.7 Å². The number of anilines is 9. The average Bonchev–Trinajstić information content (AvgIpc) is 1.36. The van der Waals surface area contributed by atoms with E-state index in [-0.39, 0.29) is 77.0 Å². The van der Waals surface area contributed by atoms with Gasteiger partial charge in [-0.05, 0) is 245 Å². The maximum atomic E-state index is 13.4. The molecule has 0 aliphatic rings. The molecule has 15 aromatic carbocycles. The van der Waals surface area contributed by atoms with Gasteiger partial charge in [0.2, 0.25) is 46.0 Å². The Hall–Kier alpha value is -15.8. The normalized spacial score (nSPS) is 11.9. The van der Waals surface area contributed by atoms with Crippen LogP contribution < -0.4 is 63.1 Å². The topological polar surface area (TPSA) is 482 Å². The minimum Gasteiger partial charge on any atom is -0.481 e. The Morgan fingerprint density at radius 2 is 0.638 bits per heavy atom. The number of rotatable bonds is 36. The van der Waals surface area contributed by atoms with Crippen molar-refractivity contribution in [3.8, 4) is 44.5 Å². The van der Waals surface area contributed by atoms with E-state index in [0.29, 0.717) is 84.1 Å². The third kappa shape index (κ3) is 34.7. The van der Waals surface area contributed by atoms with Crippen LogP contribution in [0.4, 0.5) is 51.4 Å². The molecular formula is C112H113ClN14O16S6. The molecule has 30 nitrogen and oxygen atoms in total. The van der Waals surface area contributed by atoms with Gasteiger partial charge in [0.15, 0.2) is 9.56 Å². The molecule has 4 atom stereocenters. The third-order valence-electron chi connectivity index (χ3n) is 22.1. The highest BCUT2D eigenvalue weighted by Gasteiger charge is 2.30. The molecule has 0 saturated heterocycles. The van der Waals surface area contributed by atoms with Crippen molar-refractivity contribution >= 4 is 172 Å². The number of esters is 3. The second kappa shape index (κ2) is 55.1. The molecule has 1 heterocycles. The summed E-state index contributed by atoms with van der Waals surface area (Å²) in [6.07, 6.45) is -0.736. The lowest BCUT2D eigenvalue weighted by Gasteiger charge is -2.19. The summed E-state index contributed by atoms with van der Waals surface area (Å²) in [4.78, 5) is 55.9. The number of para-hydroxylation sites is 6. The molecule has 4 unspecified atom stereocenters. The maximum Gasteiger partial charge on any atom is 0.307 e. The molecule has 0 amide bonds. The average molecular weight is 2140 g/mol. The number of aliphatic carboxylic acids is 1. The van der Waals surface area contributed by atoms with Gasteiger partial charge in [-0.15, -0.1) is 0 Å². The number of sulfonamides is 4. The molecule has 1 aromatic heterocycles. The number of carboxylic acids is 1. The third-order valence-corrected chi connectivity index (χ3v) is 28.4. The molecule has 37 heteroatoms. The number of aromatic amines is 1. The fourth-order valence-corrected chi connectivity index (χ4v) is 20.6. The number of fused-ring (bicyclic) bond motifs is 1. The number of carbonyl (C=O) groups is 4. The molecule has 0 bridgehead atoms. The number of imidazole rings is 1. The van der Waals surface area contributed by atoms with Crippen molar-refractivity contribution in [3.63, 3.8) is 0 Å². The second-order valence-corrected chi connectivity index (χ2v) is 41.1. The second-order valence-electron chi connectivity index (χ2n) is 32.9. The Kier molecular flexibility index (Phi) is 42.0. The van der Waals surface area contributed by atoms with Crippen LogP contribution in [0.2, 0.25) is 0 Å². The van der Waals surface area contributed by atoms with Crippen LogP contribution in [0.3, 0.4) is 0 Å². The van der Waals surface area contributed by atoms with Gasteiger partial charge in [-0.3, -0.25) is 19.2 Å². The van der Waals surface area contributed by atoms with E-state index in [4.69, 9.17) is 73.2 Å². The van der Waals surface area contributed by atoms with E-state index in [9.17, 15) is 58.0 Å². The first-order valence-corrected chi connectivity index (χ1v) is 53.5. The molecule has 16 rings (SSSR count). The molecule has 0 spiro atoms. The summed E-state index contributed by atoms with van der Waals surface area (Å²) in [5.74, 6) is -1.94. The van der Waals surface area contributed by atoms with Gasteiger partial charge in [0.05, 0.1) is 123 Å². The number of nitrogens with two attached hydrogens (primary N) is 4. The number of benzene rings is 15. The van der Waals surface area contributed by atoms with E-state index in [1.54, 1.807) is 209 Å². The summed E-state index contributed by atoms with van der Waals surface area (Å²) < 4.78 is 132. The number of nitrogens with zero attached hydrogens (tertiary/aromatic N) is 1. The Bertz CT molecular complexity index is 7720. The Labute approximate surface area is 883 Å². The smallest absolute Gasteiger partial charge is 0.307 e. The Balaban J connectivity index is 0.000000184. The number of thiocarbonyl (C=S) groups is 2. The number of nitrogen functional groups attached to an aromatic ring is 4. The predicted octanol–water partition coefficient (Wildman–Crippen LogP) is 21.8. The highest BCUT2D eigenvalue weighted by Crippen LogP contribution is 2.35. The first-order valence-electron chi connectivity index (χ1n) is 46.4. The molecule has 0 aliphatic carbocycles. The molecule has 0 aliphatic heterocycles. The highest BCUT2D eigenvalue weighted by atomic mass is 35.5. The van der Waals surface area contributed by atoms with E-state index in [1.165, 1.54) is 24.3 Å². The van der Waals surface area contributed by atoms with Gasteiger partial charge in [0.1, 0.15) is 0 Å².